The predicted molar refractivity (Wildman–Crippen MR) is 69.4 cm³/mol. The SMILES string of the molecule is CC(Nc1ncnc(N)n1)c1ccccc1OC(F)(F)F. The molecule has 3 N–H and O–H groups in total. The molecule has 1 aromatic carbocycles. The summed E-state index contributed by atoms with van der Waals surface area (Å²) in [5.74, 6) is -0.108. The van der Waals surface area contributed by atoms with Crippen LogP contribution in [0.1, 0.15) is 18.5 Å². The number of alkyl halides is 3. The van der Waals surface area contributed by atoms with E-state index in [0.717, 1.165) is 0 Å². The second kappa shape index (κ2) is 5.81. The maximum Gasteiger partial charge on any atom is 0.573 e. The summed E-state index contributed by atoms with van der Waals surface area (Å²) < 4.78 is 41.1. The summed E-state index contributed by atoms with van der Waals surface area (Å²) in [6.07, 6.45) is -3.55. The first kappa shape index (κ1) is 14.8. The van der Waals surface area contributed by atoms with E-state index in [1.165, 1.54) is 24.5 Å². The van der Waals surface area contributed by atoms with E-state index in [0.29, 0.717) is 5.56 Å². The Balaban J connectivity index is 2.21. The first-order chi connectivity index (χ1) is 9.85. The van der Waals surface area contributed by atoms with Crippen molar-refractivity contribution in [2.24, 2.45) is 0 Å². The summed E-state index contributed by atoms with van der Waals surface area (Å²) in [4.78, 5) is 11.3. The number of aromatic nitrogens is 3. The Morgan fingerprint density at radius 2 is 1.95 bits per heavy atom. The number of anilines is 2. The van der Waals surface area contributed by atoms with Crippen LogP contribution in [0.4, 0.5) is 25.1 Å². The van der Waals surface area contributed by atoms with Crippen molar-refractivity contribution in [2.45, 2.75) is 19.3 Å². The van der Waals surface area contributed by atoms with Crippen LogP contribution in [0, 0.1) is 0 Å². The van der Waals surface area contributed by atoms with Gasteiger partial charge in [0, 0.05) is 5.56 Å². The monoisotopic (exact) mass is 299 g/mol. The van der Waals surface area contributed by atoms with Crippen LogP contribution in [-0.2, 0) is 0 Å². The van der Waals surface area contributed by atoms with Gasteiger partial charge in [-0.1, -0.05) is 18.2 Å². The molecular weight excluding hydrogens is 287 g/mol. The first-order valence-corrected chi connectivity index (χ1v) is 5.91. The van der Waals surface area contributed by atoms with Gasteiger partial charge in [-0.2, -0.15) is 4.98 Å². The molecule has 6 nitrogen and oxygen atoms in total. The van der Waals surface area contributed by atoms with Crippen LogP contribution in [0.2, 0.25) is 0 Å². The summed E-state index contributed by atoms with van der Waals surface area (Å²) in [6.45, 7) is 1.65. The molecule has 0 fully saturated rings. The molecular formula is C12H12F3N5O. The number of rotatable bonds is 4. The minimum absolute atomic E-state index is 0.0135. The fourth-order valence-electron chi connectivity index (χ4n) is 1.71. The molecule has 2 aromatic rings. The van der Waals surface area contributed by atoms with Crippen LogP contribution >= 0.6 is 0 Å². The largest absolute Gasteiger partial charge is 0.573 e. The third-order valence-electron chi connectivity index (χ3n) is 2.55. The van der Waals surface area contributed by atoms with Crippen molar-refractivity contribution in [3.8, 4) is 5.75 Å². The molecule has 1 atom stereocenters. The minimum atomic E-state index is -4.76. The van der Waals surface area contributed by atoms with Crippen LogP contribution in [0.5, 0.6) is 5.75 Å². The van der Waals surface area contributed by atoms with Gasteiger partial charge >= 0.3 is 6.36 Å². The van der Waals surface area contributed by atoms with Gasteiger partial charge in [0.1, 0.15) is 12.1 Å². The molecule has 0 bridgehead atoms. The first-order valence-electron chi connectivity index (χ1n) is 5.91. The van der Waals surface area contributed by atoms with Crippen LogP contribution < -0.4 is 15.8 Å². The van der Waals surface area contributed by atoms with Crippen molar-refractivity contribution in [3.63, 3.8) is 0 Å². The van der Waals surface area contributed by atoms with Gasteiger partial charge in [0.2, 0.25) is 11.9 Å². The van der Waals surface area contributed by atoms with E-state index in [4.69, 9.17) is 5.73 Å². The number of hydrogen-bond acceptors (Lipinski definition) is 6. The highest BCUT2D eigenvalue weighted by atomic mass is 19.4. The molecule has 0 spiro atoms. The molecule has 0 radical (unpaired) electrons. The van der Waals surface area contributed by atoms with Crippen molar-refractivity contribution in [3.05, 3.63) is 36.2 Å². The number of halogens is 3. The molecule has 112 valence electrons. The maximum absolute atomic E-state index is 12.4. The van der Waals surface area contributed by atoms with Crippen molar-refractivity contribution < 1.29 is 17.9 Å². The van der Waals surface area contributed by atoms with Crippen molar-refractivity contribution in [2.75, 3.05) is 11.1 Å². The van der Waals surface area contributed by atoms with Gasteiger partial charge in [-0.05, 0) is 13.0 Å². The second-order valence-electron chi connectivity index (χ2n) is 4.12. The average molecular weight is 299 g/mol. The topological polar surface area (TPSA) is 86.0 Å². The van der Waals surface area contributed by atoms with Gasteiger partial charge in [0.15, 0.2) is 0 Å². The Bertz CT molecular complexity index is 620. The van der Waals surface area contributed by atoms with Gasteiger partial charge in [0.05, 0.1) is 6.04 Å². The lowest BCUT2D eigenvalue weighted by Gasteiger charge is -2.18. The highest BCUT2D eigenvalue weighted by Crippen LogP contribution is 2.31. The number of hydrogen-bond donors (Lipinski definition) is 2. The fourth-order valence-corrected chi connectivity index (χ4v) is 1.71. The zero-order chi connectivity index (χ0) is 15.5. The maximum atomic E-state index is 12.4. The van der Waals surface area contributed by atoms with E-state index in [9.17, 15) is 13.2 Å². The fraction of sp³-hybridized carbons (Fsp3) is 0.250. The van der Waals surface area contributed by atoms with E-state index in [2.05, 4.69) is 25.0 Å². The summed E-state index contributed by atoms with van der Waals surface area (Å²) in [5, 5.41) is 2.84. The second-order valence-corrected chi connectivity index (χ2v) is 4.12. The molecule has 1 aromatic heterocycles. The third kappa shape index (κ3) is 4.20. The molecule has 0 amide bonds. The molecule has 0 aliphatic heterocycles. The van der Waals surface area contributed by atoms with Crippen LogP contribution in [-0.4, -0.2) is 21.3 Å². The van der Waals surface area contributed by atoms with Gasteiger partial charge in [-0.3, -0.25) is 0 Å². The van der Waals surface area contributed by atoms with E-state index in [-0.39, 0.29) is 17.6 Å². The molecule has 1 unspecified atom stereocenters. The highest BCUT2D eigenvalue weighted by molar-refractivity contribution is 5.41. The van der Waals surface area contributed by atoms with Gasteiger partial charge in [0.25, 0.3) is 0 Å². The number of nitrogens with one attached hydrogen (secondary N) is 1. The van der Waals surface area contributed by atoms with Crippen molar-refractivity contribution in [1.82, 2.24) is 15.0 Å². The van der Waals surface area contributed by atoms with E-state index < -0.39 is 12.4 Å². The number of ether oxygens (including phenoxy) is 1. The van der Waals surface area contributed by atoms with Gasteiger partial charge in [-0.25, -0.2) is 9.97 Å². The summed E-state index contributed by atoms with van der Waals surface area (Å²) >= 11 is 0. The number of para-hydroxylation sites is 1. The lowest BCUT2D eigenvalue weighted by molar-refractivity contribution is -0.274. The average Bonchev–Trinajstić information content (AvgIpc) is 2.37. The van der Waals surface area contributed by atoms with Crippen LogP contribution in [0.3, 0.4) is 0 Å². The Morgan fingerprint density at radius 1 is 1.24 bits per heavy atom. The van der Waals surface area contributed by atoms with Gasteiger partial charge < -0.3 is 15.8 Å². The van der Waals surface area contributed by atoms with Crippen molar-refractivity contribution >= 4 is 11.9 Å². The number of nitrogens with zero attached hydrogens (tertiary/aromatic N) is 3. The lowest BCUT2D eigenvalue weighted by Crippen LogP contribution is -2.19. The molecule has 0 saturated heterocycles. The Kier molecular flexibility index (Phi) is 4.10. The highest BCUT2D eigenvalue weighted by Gasteiger charge is 2.32. The Morgan fingerprint density at radius 3 is 2.62 bits per heavy atom. The van der Waals surface area contributed by atoms with Crippen LogP contribution in [0.15, 0.2) is 30.6 Å². The van der Waals surface area contributed by atoms with Crippen molar-refractivity contribution in [1.29, 1.82) is 0 Å². The minimum Gasteiger partial charge on any atom is -0.405 e. The third-order valence-corrected chi connectivity index (χ3v) is 2.55. The zero-order valence-electron chi connectivity index (χ0n) is 10.9. The molecule has 2 rings (SSSR count). The number of nitrogens with two attached hydrogens (primary N) is 1. The zero-order valence-corrected chi connectivity index (χ0v) is 10.9. The smallest absolute Gasteiger partial charge is 0.405 e. The Labute approximate surface area is 118 Å². The molecule has 0 aliphatic rings. The van der Waals surface area contributed by atoms with E-state index >= 15 is 0 Å². The summed E-state index contributed by atoms with van der Waals surface area (Å²) in [7, 11) is 0. The number of nitrogen functional groups attached to an aromatic ring is 1. The molecule has 0 aliphatic carbocycles. The summed E-state index contributed by atoms with van der Waals surface area (Å²) in [6, 6.07) is 5.30. The van der Waals surface area contributed by atoms with Crippen LogP contribution in [0.25, 0.3) is 0 Å². The van der Waals surface area contributed by atoms with E-state index in [1.807, 2.05) is 0 Å². The Hall–Kier alpha value is -2.58. The molecule has 0 saturated carbocycles. The molecule has 21 heavy (non-hydrogen) atoms. The van der Waals surface area contributed by atoms with Gasteiger partial charge in [-0.15, -0.1) is 13.2 Å². The summed E-state index contributed by atoms with van der Waals surface area (Å²) in [5.41, 5.74) is 5.72. The standard InChI is InChI=1S/C12H12F3N5O/c1-7(19-11-18-6-17-10(16)20-11)8-4-2-3-5-9(8)21-12(13,14)15/h2-7H,1H3,(H3,16,17,18,19,20). The molecule has 1 heterocycles. The quantitative estimate of drug-likeness (QED) is 0.902. The lowest BCUT2D eigenvalue weighted by atomic mass is 10.1. The predicted octanol–water partition coefficient (Wildman–Crippen LogP) is 2.53. The number of benzene rings is 1. The normalized spacial score (nSPS) is 12.8. The van der Waals surface area contributed by atoms with E-state index in [1.54, 1.807) is 13.0 Å². The molecule has 9 heteroatoms.